The van der Waals surface area contributed by atoms with E-state index in [1.807, 2.05) is 19.9 Å². The standard InChI is InChI=1S/C12H19NO4/c1-12(2,10(13)11(14)16-4)9-6-5-8(17-9)7-15-3/h5-6,10H,7,13H2,1-4H3. The summed E-state index contributed by atoms with van der Waals surface area (Å²) in [5.41, 5.74) is 5.23. The van der Waals surface area contributed by atoms with Crippen LogP contribution in [0.2, 0.25) is 0 Å². The Morgan fingerprint density at radius 2 is 2.12 bits per heavy atom. The van der Waals surface area contributed by atoms with E-state index in [1.54, 1.807) is 13.2 Å². The topological polar surface area (TPSA) is 74.7 Å². The van der Waals surface area contributed by atoms with Crippen molar-refractivity contribution in [2.45, 2.75) is 31.9 Å². The van der Waals surface area contributed by atoms with Crippen LogP contribution in [0, 0.1) is 0 Å². The molecule has 1 atom stereocenters. The predicted octanol–water partition coefficient (Wildman–Crippen LogP) is 1.20. The lowest BCUT2D eigenvalue weighted by Crippen LogP contribution is -2.47. The van der Waals surface area contributed by atoms with Gasteiger partial charge in [0.05, 0.1) is 7.11 Å². The molecule has 0 aliphatic carbocycles. The maximum absolute atomic E-state index is 11.5. The molecule has 0 spiro atoms. The van der Waals surface area contributed by atoms with E-state index in [4.69, 9.17) is 14.9 Å². The van der Waals surface area contributed by atoms with Crippen molar-refractivity contribution in [3.05, 3.63) is 23.7 Å². The molecule has 1 heterocycles. The quantitative estimate of drug-likeness (QED) is 0.784. The average Bonchev–Trinajstić information content (AvgIpc) is 2.76. The van der Waals surface area contributed by atoms with E-state index in [0.29, 0.717) is 18.1 Å². The Morgan fingerprint density at radius 1 is 1.47 bits per heavy atom. The molecule has 96 valence electrons. The molecule has 2 N–H and O–H groups in total. The molecule has 0 bridgehead atoms. The van der Waals surface area contributed by atoms with Crippen LogP contribution in [0.1, 0.15) is 25.4 Å². The Balaban J connectivity index is 2.91. The maximum Gasteiger partial charge on any atom is 0.323 e. The fourth-order valence-electron chi connectivity index (χ4n) is 1.52. The Bertz CT molecular complexity index is 384. The molecule has 1 unspecified atom stereocenters. The average molecular weight is 241 g/mol. The highest BCUT2D eigenvalue weighted by atomic mass is 16.5. The molecule has 1 rings (SSSR count). The van der Waals surface area contributed by atoms with E-state index in [9.17, 15) is 4.79 Å². The number of furan rings is 1. The maximum atomic E-state index is 11.5. The van der Waals surface area contributed by atoms with E-state index in [1.165, 1.54) is 7.11 Å². The van der Waals surface area contributed by atoms with Crippen molar-refractivity contribution < 1.29 is 18.7 Å². The van der Waals surface area contributed by atoms with Crippen LogP contribution in [0.4, 0.5) is 0 Å². The SMILES string of the molecule is COCc1ccc(C(C)(C)C(N)C(=O)OC)o1. The molecule has 0 aliphatic heterocycles. The van der Waals surface area contributed by atoms with Gasteiger partial charge in [0.2, 0.25) is 0 Å². The van der Waals surface area contributed by atoms with Crippen LogP contribution in [-0.4, -0.2) is 26.2 Å². The Labute approximate surface area is 101 Å². The van der Waals surface area contributed by atoms with E-state index in [-0.39, 0.29) is 0 Å². The van der Waals surface area contributed by atoms with Crippen LogP contribution in [0.3, 0.4) is 0 Å². The minimum atomic E-state index is -0.769. The number of nitrogens with two attached hydrogens (primary N) is 1. The molecule has 0 aliphatic rings. The van der Waals surface area contributed by atoms with Gasteiger partial charge in [-0.15, -0.1) is 0 Å². The Kier molecular flexibility index (Phi) is 4.31. The summed E-state index contributed by atoms with van der Waals surface area (Å²) < 4.78 is 15.2. The van der Waals surface area contributed by atoms with E-state index < -0.39 is 17.4 Å². The van der Waals surface area contributed by atoms with Gasteiger partial charge in [-0.1, -0.05) is 13.8 Å². The number of hydrogen-bond acceptors (Lipinski definition) is 5. The molecule has 5 nitrogen and oxygen atoms in total. The first-order valence-electron chi connectivity index (χ1n) is 5.35. The molecule has 0 fully saturated rings. The highest BCUT2D eigenvalue weighted by Gasteiger charge is 2.37. The lowest BCUT2D eigenvalue weighted by atomic mass is 9.82. The van der Waals surface area contributed by atoms with Gasteiger partial charge in [0.25, 0.3) is 0 Å². The molecule has 5 heteroatoms. The minimum Gasteiger partial charge on any atom is -0.468 e. The zero-order valence-electron chi connectivity index (χ0n) is 10.6. The van der Waals surface area contributed by atoms with Crippen molar-refractivity contribution in [2.24, 2.45) is 5.73 Å². The number of esters is 1. The molecule has 1 aromatic heterocycles. The zero-order chi connectivity index (χ0) is 13.1. The summed E-state index contributed by atoms with van der Waals surface area (Å²) in [6.07, 6.45) is 0. The molecule has 0 radical (unpaired) electrons. The van der Waals surface area contributed by atoms with Crippen LogP contribution < -0.4 is 5.73 Å². The number of hydrogen-bond donors (Lipinski definition) is 1. The Morgan fingerprint density at radius 3 is 2.65 bits per heavy atom. The van der Waals surface area contributed by atoms with Crippen LogP contribution >= 0.6 is 0 Å². The normalized spacial score (nSPS) is 13.5. The van der Waals surface area contributed by atoms with Gasteiger partial charge >= 0.3 is 5.97 Å². The van der Waals surface area contributed by atoms with E-state index in [0.717, 1.165) is 0 Å². The summed E-state index contributed by atoms with van der Waals surface area (Å²) >= 11 is 0. The van der Waals surface area contributed by atoms with Gasteiger partial charge < -0.3 is 19.6 Å². The summed E-state index contributed by atoms with van der Waals surface area (Å²) in [6.45, 7) is 4.07. The van der Waals surface area contributed by atoms with Gasteiger partial charge in [0, 0.05) is 12.5 Å². The van der Waals surface area contributed by atoms with Crippen molar-refractivity contribution in [2.75, 3.05) is 14.2 Å². The number of methoxy groups -OCH3 is 2. The molecule has 0 saturated heterocycles. The summed E-state index contributed by atoms with van der Waals surface area (Å²) in [5, 5.41) is 0. The van der Waals surface area contributed by atoms with Gasteiger partial charge in [-0.3, -0.25) is 4.79 Å². The van der Waals surface area contributed by atoms with Crippen LogP contribution in [0.15, 0.2) is 16.5 Å². The molecular formula is C12H19NO4. The molecular weight excluding hydrogens is 222 g/mol. The summed E-state index contributed by atoms with van der Waals surface area (Å²) in [6, 6.07) is 2.84. The highest BCUT2D eigenvalue weighted by Crippen LogP contribution is 2.28. The fourth-order valence-corrected chi connectivity index (χ4v) is 1.52. The van der Waals surface area contributed by atoms with Gasteiger partial charge in [0.15, 0.2) is 0 Å². The second-order valence-electron chi connectivity index (χ2n) is 4.42. The van der Waals surface area contributed by atoms with Crippen LogP contribution in [0.5, 0.6) is 0 Å². The zero-order valence-corrected chi connectivity index (χ0v) is 10.6. The second-order valence-corrected chi connectivity index (χ2v) is 4.42. The van der Waals surface area contributed by atoms with Crippen LogP contribution in [-0.2, 0) is 26.3 Å². The third-order valence-corrected chi connectivity index (χ3v) is 2.82. The number of carbonyl (C=O) groups excluding carboxylic acids is 1. The van der Waals surface area contributed by atoms with Gasteiger partial charge in [-0.05, 0) is 12.1 Å². The summed E-state index contributed by atoms with van der Waals surface area (Å²) in [7, 11) is 2.91. The summed E-state index contributed by atoms with van der Waals surface area (Å²) in [5.74, 6) is 0.884. The molecule has 1 aromatic rings. The van der Waals surface area contributed by atoms with E-state index in [2.05, 4.69) is 4.74 Å². The predicted molar refractivity (Wildman–Crippen MR) is 62.4 cm³/mol. The lowest BCUT2D eigenvalue weighted by Gasteiger charge is -2.27. The van der Waals surface area contributed by atoms with Gasteiger partial charge in [0.1, 0.15) is 24.2 Å². The lowest BCUT2D eigenvalue weighted by molar-refractivity contribution is -0.143. The minimum absolute atomic E-state index is 0.392. The first kappa shape index (κ1) is 13.7. The van der Waals surface area contributed by atoms with Gasteiger partial charge in [-0.2, -0.15) is 0 Å². The van der Waals surface area contributed by atoms with Crippen LogP contribution in [0.25, 0.3) is 0 Å². The number of carbonyl (C=O) groups is 1. The van der Waals surface area contributed by atoms with Crippen molar-refractivity contribution >= 4 is 5.97 Å². The van der Waals surface area contributed by atoms with Gasteiger partial charge in [-0.25, -0.2) is 0 Å². The molecule has 0 saturated carbocycles. The smallest absolute Gasteiger partial charge is 0.323 e. The first-order chi connectivity index (χ1) is 7.93. The largest absolute Gasteiger partial charge is 0.468 e. The number of ether oxygens (including phenoxy) is 2. The second kappa shape index (κ2) is 5.33. The summed E-state index contributed by atoms with van der Waals surface area (Å²) in [4.78, 5) is 11.5. The van der Waals surface area contributed by atoms with E-state index >= 15 is 0 Å². The van der Waals surface area contributed by atoms with Crippen molar-refractivity contribution in [3.8, 4) is 0 Å². The van der Waals surface area contributed by atoms with Crippen molar-refractivity contribution in [1.29, 1.82) is 0 Å². The Hall–Kier alpha value is -1.33. The first-order valence-corrected chi connectivity index (χ1v) is 5.35. The third-order valence-electron chi connectivity index (χ3n) is 2.82. The molecule has 0 amide bonds. The van der Waals surface area contributed by atoms with Crippen molar-refractivity contribution in [1.82, 2.24) is 0 Å². The molecule has 0 aromatic carbocycles. The highest BCUT2D eigenvalue weighted by molar-refractivity contribution is 5.77. The fraction of sp³-hybridized carbons (Fsp3) is 0.583. The monoisotopic (exact) mass is 241 g/mol. The number of rotatable bonds is 5. The third kappa shape index (κ3) is 2.87. The molecule has 17 heavy (non-hydrogen) atoms. The van der Waals surface area contributed by atoms with Crippen molar-refractivity contribution in [3.63, 3.8) is 0 Å².